The molecule has 25 heavy (non-hydrogen) atoms. The second-order valence-corrected chi connectivity index (χ2v) is 5.67. The summed E-state index contributed by atoms with van der Waals surface area (Å²) in [6, 6.07) is 9.53. The second kappa shape index (κ2) is 5.79. The lowest BCUT2D eigenvalue weighted by Gasteiger charge is -2.26. The average Bonchev–Trinajstić information content (AvgIpc) is 2.58. The number of pyridine rings is 1. The lowest BCUT2D eigenvalue weighted by Crippen LogP contribution is -2.31. The van der Waals surface area contributed by atoms with Crippen molar-refractivity contribution in [3.8, 4) is 11.8 Å². The Hall–Kier alpha value is -3.60. The zero-order valence-electron chi connectivity index (χ0n) is 13.5. The summed E-state index contributed by atoms with van der Waals surface area (Å²) in [4.78, 5) is 23.7. The molecule has 0 spiro atoms. The van der Waals surface area contributed by atoms with E-state index in [9.17, 15) is 20.2 Å². The summed E-state index contributed by atoms with van der Waals surface area (Å²) in [7, 11) is 1.59. The zero-order valence-corrected chi connectivity index (χ0v) is 13.5. The van der Waals surface area contributed by atoms with Crippen LogP contribution in [0.15, 0.2) is 46.6 Å². The highest BCUT2D eigenvalue weighted by atomic mass is 16.6. The number of nitrogens with two attached hydrogens (primary N) is 1. The van der Waals surface area contributed by atoms with Crippen LogP contribution in [0.5, 0.6) is 5.75 Å². The number of benzene rings is 1. The third-order valence-corrected chi connectivity index (χ3v) is 4.30. The molecule has 0 amide bonds. The van der Waals surface area contributed by atoms with Crippen LogP contribution in [0.4, 0.5) is 5.69 Å². The van der Waals surface area contributed by atoms with E-state index in [1.54, 1.807) is 26.1 Å². The molecule has 0 aliphatic carbocycles. The second-order valence-electron chi connectivity index (χ2n) is 5.67. The summed E-state index contributed by atoms with van der Waals surface area (Å²) >= 11 is 0. The van der Waals surface area contributed by atoms with Crippen molar-refractivity contribution in [1.29, 1.82) is 5.26 Å². The first-order chi connectivity index (χ1) is 11.9. The molecule has 126 valence electrons. The lowest BCUT2D eigenvalue weighted by atomic mass is 9.83. The molecule has 8 heteroatoms. The van der Waals surface area contributed by atoms with E-state index in [0.29, 0.717) is 5.69 Å². The van der Waals surface area contributed by atoms with Gasteiger partial charge in [0.25, 0.3) is 11.2 Å². The number of nitriles is 1. The molecule has 1 atom stereocenters. The van der Waals surface area contributed by atoms with Crippen LogP contribution in [0.1, 0.15) is 22.7 Å². The molecule has 2 N–H and O–H groups in total. The van der Waals surface area contributed by atoms with Gasteiger partial charge in [-0.05, 0) is 6.92 Å². The standard InChI is InChI=1S/C17H14N4O4/c1-9-7-13-15(17(22)20(9)2)14(11(8-18)16(19)25-13)10-5-3-4-6-12(10)21(23)24/h3-7,14H,19H2,1-2H3. The molecular formula is C17H14N4O4. The van der Waals surface area contributed by atoms with E-state index >= 15 is 0 Å². The summed E-state index contributed by atoms with van der Waals surface area (Å²) in [5, 5.41) is 20.9. The molecule has 0 saturated carbocycles. The van der Waals surface area contributed by atoms with E-state index in [1.165, 1.54) is 22.8 Å². The van der Waals surface area contributed by atoms with Crippen molar-refractivity contribution in [3.63, 3.8) is 0 Å². The van der Waals surface area contributed by atoms with E-state index in [4.69, 9.17) is 10.5 Å². The van der Waals surface area contributed by atoms with Crippen LogP contribution in [-0.4, -0.2) is 9.49 Å². The Morgan fingerprint density at radius 3 is 2.72 bits per heavy atom. The van der Waals surface area contributed by atoms with E-state index in [2.05, 4.69) is 0 Å². The van der Waals surface area contributed by atoms with Gasteiger partial charge in [-0.2, -0.15) is 5.26 Å². The van der Waals surface area contributed by atoms with Crippen molar-refractivity contribution >= 4 is 5.69 Å². The Kier molecular flexibility index (Phi) is 3.77. The maximum atomic E-state index is 12.8. The van der Waals surface area contributed by atoms with Gasteiger partial charge in [0.1, 0.15) is 17.4 Å². The first-order valence-corrected chi connectivity index (χ1v) is 7.38. The van der Waals surface area contributed by atoms with Gasteiger partial charge < -0.3 is 15.0 Å². The molecule has 0 bridgehead atoms. The summed E-state index contributed by atoms with van der Waals surface area (Å²) in [6.45, 7) is 1.73. The molecule has 0 fully saturated rings. The molecule has 2 aromatic rings. The number of nitrogens with zero attached hydrogens (tertiary/aromatic N) is 3. The quantitative estimate of drug-likeness (QED) is 0.658. The van der Waals surface area contributed by atoms with Crippen LogP contribution in [0, 0.1) is 28.4 Å². The highest BCUT2D eigenvalue weighted by molar-refractivity contribution is 5.59. The number of hydrogen-bond acceptors (Lipinski definition) is 6. The smallest absolute Gasteiger partial charge is 0.273 e. The molecule has 1 unspecified atom stereocenters. The summed E-state index contributed by atoms with van der Waals surface area (Å²) < 4.78 is 6.86. The minimum atomic E-state index is -0.963. The Balaban J connectivity index is 2.41. The normalized spacial score (nSPS) is 16.0. The van der Waals surface area contributed by atoms with Gasteiger partial charge in [0, 0.05) is 30.4 Å². The molecule has 1 aliphatic heterocycles. The maximum absolute atomic E-state index is 12.8. The van der Waals surface area contributed by atoms with E-state index in [1.807, 2.05) is 6.07 Å². The van der Waals surface area contributed by atoms with E-state index in [0.717, 1.165) is 0 Å². The number of ether oxygens (including phenoxy) is 1. The predicted octanol–water partition coefficient (Wildman–Crippen LogP) is 1.82. The Morgan fingerprint density at radius 2 is 2.08 bits per heavy atom. The molecular weight excluding hydrogens is 324 g/mol. The number of rotatable bonds is 2. The highest BCUT2D eigenvalue weighted by Crippen LogP contribution is 2.43. The molecule has 0 saturated heterocycles. The molecule has 1 aliphatic rings. The summed E-state index contributed by atoms with van der Waals surface area (Å²) in [5.74, 6) is -0.916. The van der Waals surface area contributed by atoms with Crippen LogP contribution in [0.2, 0.25) is 0 Å². The number of aromatic nitrogens is 1. The first-order valence-electron chi connectivity index (χ1n) is 7.38. The third-order valence-electron chi connectivity index (χ3n) is 4.30. The molecule has 8 nitrogen and oxygen atoms in total. The minimum Gasteiger partial charge on any atom is -0.440 e. The van der Waals surface area contributed by atoms with Crippen LogP contribution in [-0.2, 0) is 7.05 Å². The van der Waals surface area contributed by atoms with Gasteiger partial charge in [-0.3, -0.25) is 14.9 Å². The fourth-order valence-electron chi connectivity index (χ4n) is 2.95. The summed E-state index contributed by atoms with van der Waals surface area (Å²) in [6.07, 6.45) is 0. The number of fused-ring (bicyclic) bond motifs is 1. The van der Waals surface area contributed by atoms with Crippen LogP contribution in [0.3, 0.4) is 0 Å². The van der Waals surface area contributed by atoms with Crippen molar-refractivity contribution in [3.05, 3.63) is 79.1 Å². The maximum Gasteiger partial charge on any atom is 0.273 e. The molecule has 0 radical (unpaired) electrons. The van der Waals surface area contributed by atoms with Crippen molar-refractivity contribution < 1.29 is 9.66 Å². The number of hydrogen-bond donors (Lipinski definition) is 1. The zero-order chi connectivity index (χ0) is 18.3. The van der Waals surface area contributed by atoms with Gasteiger partial charge in [-0.1, -0.05) is 18.2 Å². The molecule has 3 rings (SSSR count). The van der Waals surface area contributed by atoms with Gasteiger partial charge in [0.05, 0.1) is 16.4 Å². The van der Waals surface area contributed by atoms with Gasteiger partial charge in [-0.15, -0.1) is 0 Å². The fourth-order valence-corrected chi connectivity index (χ4v) is 2.95. The number of aryl methyl sites for hydroxylation is 1. The number of nitro benzene ring substituents is 1. The van der Waals surface area contributed by atoms with Crippen molar-refractivity contribution in [1.82, 2.24) is 4.57 Å². The Morgan fingerprint density at radius 1 is 1.40 bits per heavy atom. The van der Waals surface area contributed by atoms with Crippen molar-refractivity contribution in [2.45, 2.75) is 12.8 Å². The van der Waals surface area contributed by atoms with Crippen molar-refractivity contribution in [2.75, 3.05) is 0 Å². The molecule has 2 heterocycles. The van der Waals surface area contributed by atoms with Crippen LogP contribution < -0.4 is 16.0 Å². The average molecular weight is 338 g/mol. The van der Waals surface area contributed by atoms with Crippen LogP contribution in [0.25, 0.3) is 0 Å². The highest BCUT2D eigenvalue weighted by Gasteiger charge is 2.37. The lowest BCUT2D eigenvalue weighted by molar-refractivity contribution is -0.385. The third kappa shape index (κ3) is 2.42. The largest absolute Gasteiger partial charge is 0.440 e. The van der Waals surface area contributed by atoms with E-state index in [-0.39, 0.29) is 34.0 Å². The van der Waals surface area contributed by atoms with Gasteiger partial charge in [-0.25, -0.2) is 0 Å². The topological polar surface area (TPSA) is 124 Å². The number of para-hydroxylation sites is 1. The number of nitro groups is 1. The summed E-state index contributed by atoms with van der Waals surface area (Å²) in [5.41, 5.74) is 6.26. The Bertz CT molecular complexity index is 1030. The number of allylic oxidation sites excluding steroid dienone is 1. The van der Waals surface area contributed by atoms with Gasteiger partial charge >= 0.3 is 0 Å². The van der Waals surface area contributed by atoms with Crippen LogP contribution >= 0.6 is 0 Å². The first kappa shape index (κ1) is 16.3. The van der Waals surface area contributed by atoms with E-state index < -0.39 is 16.4 Å². The van der Waals surface area contributed by atoms with Crippen molar-refractivity contribution in [2.24, 2.45) is 12.8 Å². The fraction of sp³-hybridized carbons (Fsp3) is 0.176. The monoisotopic (exact) mass is 338 g/mol. The van der Waals surface area contributed by atoms with Gasteiger partial charge in [0.15, 0.2) is 0 Å². The SMILES string of the molecule is Cc1cc2c(c(=O)n1C)C(c1ccccc1[N+](=O)[O-])C(C#N)=C(N)O2. The minimum absolute atomic E-state index is 0.0252. The van der Waals surface area contributed by atoms with Gasteiger partial charge in [0.2, 0.25) is 5.88 Å². The Labute approximate surface area is 142 Å². The molecule has 1 aromatic carbocycles. The molecule has 1 aromatic heterocycles. The predicted molar refractivity (Wildman–Crippen MR) is 88.8 cm³/mol.